The van der Waals surface area contributed by atoms with E-state index < -0.39 is 0 Å². The van der Waals surface area contributed by atoms with Crippen LogP contribution in [0, 0.1) is 23.2 Å². The fourth-order valence-corrected chi connectivity index (χ4v) is 3.73. The number of nitrogens with zero attached hydrogens (tertiary/aromatic N) is 2. The van der Waals surface area contributed by atoms with Gasteiger partial charge in [0.15, 0.2) is 5.13 Å². The molecule has 1 N–H and O–H groups in total. The van der Waals surface area contributed by atoms with Crippen molar-refractivity contribution in [2.24, 2.45) is 11.8 Å². The molecule has 0 saturated heterocycles. The first-order valence-corrected chi connectivity index (χ1v) is 8.27. The maximum absolute atomic E-state index is 12.3. The van der Waals surface area contributed by atoms with Crippen LogP contribution in [0.15, 0.2) is 36.5 Å². The normalized spacial score (nSPS) is 20.5. The summed E-state index contributed by atoms with van der Waals surface area (Å²) in [4.78, 5) is 17.6. The van der Waals surface area contributed by atoms with Gasteiger partial charge >= 0.3 is 0 Å². The first-order chi connectivity index (χ1) is 10.8. The number of nitrogens with one attached hydrogen (secondary N) is 1. The molecule has 4 nitrogen and oxygen atoms in total. The first-order valence-electron chi connectivity index (χ1n) is 7.45. The number of thiazole rings is 1. The fourth-order valence-electron chi connectivity index (χ4n) is 2.90. The van der Waals surface area contributed by atoms with Crippen LogP contribution in [0.1, 0.15) is 25.7 Å². The van der Waals surface area contributed by atoms with Crippen molar-refractivity contribution in [2.45, 2.75) is 25.7 Å². The van der Waals surface area contributed by atoms with Crippen LogP contribution >= 0.6 is 11.3 Å². The van der Waals surface area contributed by atoms with Crippen LogP contribution in [0.2, 0.25) is 0 Å². The minimum absolute atomic E-state index is 0.0161. The predicted octanol–water partition coefficient (Wildman–Crippen LogP) is 4.08. The molecule has 1 aliphatic carbocycles. The number of carbonyl (C=O) groups is 1. The zero-order valence-electron chi connectivity index (χ0n) is 12.2. The number of amides is 1. The van der Waals surface area contributed by atoms with Crippen molar-refractivity contribution >= 4 is 22.4 Å². The van der Waals surface area contributed by atoms with E-state index in [2.05, 4.69) is 16.4 Å². The fraction of sp³-hybridized carbons (Fsp3) is 0.353. The lowest BCUT2D eigenvalue weighted by Crippen LogP contribution is -2.20. The van der Waals surface area contributed by atoms with Crippen LogP contribution in [0.4, 0.5) is 5.13 Å². The molecule has 0 radical (unpaired) electrons. The Morgan fingerprint density at radius 2 is 2.18 bits per heavy atom. The van der Waals surface area contributed by atoms with Crippen LogP contribution in [0.25, 0.3) is 10.4 Å². The van der Waals surface area contributed by atoms with E-state index in [4.69, 9.17) is 5.26 Å². The summed E-state index contributed by atoms with van der Waals surface area (Å²) < 4.78 is 0. The molecule has 1 amide bonds. The molecule has 3 rings (SSSR count). The molecule has 22 heavy (non-hydrogen) atoms. The number of nitriles is 1. The summed E-state index contributed by atoms with van der Waals surface area (Å²) in [5.41, 5.74) is 1.11. The van der Waals surface area contributed by atoms with E-state index in [-0.39, 0.29) is 11.8 Å². The van der Waals surface area contributed by atoms with E-state index >= 15 is 0 Å². The molecule has 112 valence electrons. The van der Waals surface area contributed by atoms with E-state index in [1.807, 2.05) is 30.3 Å². The molecular weight excluding hydrogens is 294 g/mol. The van der Waals surface area contributed by atoms with Crippen LogP contribution in [-0.2, 0) is 4.79 Å². The summed E-state index contributed by atoms with van der Waals surface area (Å²) in [5, 5.41) is 12.3. The lowest BCUT2D eigenvalue weighted by atomic mass is 10.0. The Labute approximate surface area is 133 Å². The van der Waals surface area contributed by atoms with E-state index in [0.29, 0.717) is 17.5 Å². The minimum atomic E-state index is 0.0161. The van der Waals surface area contributed by atoms with E-state index in [1.54, 1.807) is 6.20 Å². The van der Waals surface area contributed by atoms with Gasteiger partial charge in [-0.25, -0.2) is 4.98 Å². The second-order valence-corrected chi connectivity index (χ2v) is 6.65. The van der Waals surface area contributed by atoms with Gasteiger partial charge in [-0.15, -0.1) is 0 Å². The molecule has 0 aliphatic heterocycles. The van der Waals surface area contributed by atoms with Crippen LogP contribution in [-0.4, -0.2) is 10.9 Å². The highest BCUT2D eigenvalue weighted by molar-refractivity contribution is 7.19. The molecule has 1 aliphatic rings. The number of rotatable bonds is 4. The van der Waals surface area contributed by atoms with Crippen LogP contribution in [0.3, 0.4) is 0 Å². The molecule has 5 heteroatoms. The van der Waals surface area contributed by atoms with Crippen LogP contribution < -0.4 is 5.32 Å². The van der Waals surface area contributed by atoms with Gasteiger partial charge in [-0.2, -0.15) is 5.26 Å². The Morgan fingerprint density at radius 3 is 2.95 bits per heavy atom. The van der Waals surface area contributed by atoms with Gasteiger partial charge in [0.25, 0.3) is 0 Å². The van der Waals surface area contributed by atoms with E-state index in [1.165, 1.54) is 11.3 Å². The molecule has 1 saturated carbocycles. The maximum Gasteiger partial charge on any atom is 0.229 e. The van der Waals surface area contributed by atoms with Crippen molar-refractivity contribution < 1.29 is 4.79 Å². The number of anilines is 1. The maximum atomic E-state index is 12.3. The van der Waals surface area contributed by atoms with Gasteiger partial charge in [0.1, 0.15) is 0 Å². The monoisotopic (exact) mass is 311 g/mol. The molecule has 2 atom stereocenters. The number of carbonyl (C=O) groups excluding carboxylic acids is 1. The second-order valence-electron chi connectivity index (χ2n) is 5.62. The summed E-state index contributed by atoms with van der Waals surface area (Å²) in [6, 6.07) is 12.2. The Balaban J connectivity index is 1.61. The predicted molar refractivity (Wildman–Crippen MR) is 87.2 cm³/mol. The lowest BCUT2D eigenvalue weighted by molar-refractivity contribution is -0.119. The Kier molecular flexibility index (Phi) is 4.50. The third kappa shape index (κ3) is 3.34. The highest BCUT2D eigenvalue weighted by Gasteiger charge is 2.30. The number of hydrogen-bond acceptors (Lipinski definition) is 4. The van der Waals surface area contributed by atoms with Gasteiger partial charge in [0.2, 0.25) is 5.91 Å². The van der Waals surface area contributed by atoms with Crippen molar-refractivity contribution in [1.82, 2.24) is 4.98 Å². The molecule has 2 aromatic rings. The number of hydrogen-bond donors (Lipinski definition) is 1. The van der Waals surface area contributed by atoms with Gasteiger partial charge in [-0.05, 0) is 30.7 Å². The summed E-state index contributed by atoms with van der Waals surface area (Å²) in [7, 11) is 0. The lowest BCUT2D eigenvalue weighted by Gasteiger charge is -2.08. The molecule has 1 aromatic carbocycles. The molecule has 0 unspecified atom stereocenters. The third-order valence-electron chi connectivity index (χ3n) is 4.09. The Morgan fingerprint density at radius 1 is 1.36 bits per heavy atom. The third-order valence-corrected chi connectivity index (χ3v) is 5.05. The molecule has 1 fully saturated rings. The molecule has 1 aromatic heterocycles. The van der Waals surface area contributed by atoms with E-state index in [0.717, 1.165) is 29.7 Å². The molecule has 0 spiro atoms. The Bertz CT molecular complexity index is 689. The Hall–Kier alpha value is -2.19. The smallest absolute Gasteiger partial charge is 0.229 e. The van der Waals surface area contributed by atoms with Crippen molar-refractivity contribution in [3.8, 4) is 16.5 Å². The molecule has 0 bridgehead atoms. The quantitative estimate of drug-likeness (QED) is 0.925. The van der Waals surface area contributed by atoms with Crippen molar-refractivity contribution in [2.75, 3.05) is 5.32 Å². The number of benzene rings is 1. The summed E-state index contributed by atoms with van der Waals surface area (Å²) in [6.07, 6.45) is 5.01. The minimum Gasteiger partial charge on any atom is -0.302 e. The summed E-state index contributed by atoms with van der Waals surface area (Å²) in [6.45, 7) is 0. The van der Waals surface area contributed by atoms with Gasteiger partial charge in [-0.1, -0.05) is 41.7 Å². The van der Waals surface area contributed by atoms with Gasteiger partial charge < -0.3 is 5.32 Å². The van der Waals surface area contributed by atoms with Gasteiger partial charge in [-0.3, -0.25) is 4.79 Å². The number of aromatic nitrogens is 1. The van der Waals surface area contributed by atoms with Gasteiger partial charge in [0.05, 0.1) is 10.9 Å². The average molecular weight is 311 g/mol. The van der Waals surface area contributed by atoms with Crippen molar-refractivity contribution in [3.63, 3.8) is 0 Å². The zero-order chi connectivity index (χ0) is 15.4. The van der Waals surface area contributed by atoms with Gasteiger partial charge in [0, 0.05) is 18.5 Å². The summed E-state index contributed by atoms with van der Waals surface area (Å²) in [5.74, 6) is 0.425. The molecule has 1 heterocycles. The highest BCUT2D eigenvalue weighted by Crippen LogP contribution is 2.34. The zero-order valence-corrected chi connectivity index (χ0v) is 13.0. The highest BCUT2D eigenvalue weighted by atomic mass is 32.1. The summed E-state index contributed by atoms with van der Waals surface area (Å²) >= 11 is 1.49. The van der Waals surface area contributed by atoms with Crippen molar-refractivity contribution in [1.29, 1.82) is 5.26 Å². The molecular formula is C17H17N3OS. The van der Waals surface area contributed by atoms with Crippen LogP contribution in [0.5, 0.6) is 0 Å². The standard InChI is InChI=1S/C17H17N3OS/c18-9-8-12-6-7-14(10-12)16(21)20-17-19-11-15(22-17)13-4-2-1-3-5-13/h1-5,11-12,14H,6-8,10H2,(H,19,20,21)/t12-,14-/m1/s1. The topological polar surface area (TPSA) is 65.8 Å². The van der Waals surface area contributed by atoms with Crippen molar-refractivity contribution in [3.05, 3.63) is 36.5 Å². The SMILES string of the molecule is N#CC[C@H]1CC[C@@H](C(=O)Nc2ncc(-c3ccccc3)s2)C1. The average Bonchev–Trinajstić information content (AvgIpc) is 3.18. The largest absolute Gasteiger partial charge is 0.302 e. The van der Waals surface area contributed by atoms with E-state index in [9.17, 15) is 4.79 Å². The first kappa shape index (κ1) is 14.7. The second kappa shape index (κ2) is 6.71.